The van der Waals surface area contributed by atoms with E-state index in [9.17, 15) is 4.79 Å². The number of hydrogen-bond acceptors (Lipinski definition) is 4. The van der Waals surface area contributed by atoms with Gasteiger partial charge in [0.15, 0.2) is 5.69 Å². The number of aromatic nitrogens is 5. The van der Waals surface area contributed by atoms with Crippen molar-refractivity contribution in [2.24, 2.45) is 0 Å². The SMILES string of the molecule is O=C(NCc1cnn(-c2ccccc2)c1)c1nnn(-c2ccccc2)c1C1CC1. The molecule has 144 valence electrons. The molecule has 0 unspecified atom stereocenters. The molecule has 1 aliphatic rings. The van der Waals surface area contributed by atoms with Crippen LogP contribution >= 0.6 is 0 Å². The van der Waals surface area contributed by atoms with Crippen molar-refractivity contribution in [2.75, 3.05) is 0 Å². The fraction of sp³-hybridized carbons (Fsp3) is 0.182. The van der Waals surface area contributed by atoms with E-state index in [-0.39, 0.29) is 5.91 Å². The van der Waals surface area contributed by atoms with E-state index in [0.29, 0.717) is 18.2 Å². The standard InChI is InChI=1S/C22H20N6O/c29-22(23-13-16-14-24-27(15-16)18-7-3-1-4-8-18)20-21(17-11-12-17)28(26-25-20)19-9-5-2-6-10-19/h1-10,14-15,17H,11-13H2,(H,23,29). The van der Waals surface area contributed by atoms with E-state index in [2.05, 4.69) is 20.7 Å². The van der Waals surface area contributed by atoms with Gasteiger partial charge < -0.3 is 5.32 Å². The zero-order chi connectivity index (χ0) is 19.6. The van der Waals surface area contributed by atoms with Crippen LogP contribution in [0.15, 0.2) is 73.1 Å². The van der Waals surface area contributed by atoms with Crippen molar-refractivity contribution in [1.29, 1.82) is 0 Å². The largest absolute Gasteiger partial charge is 0.346 e. The van der Waals surface area contributed by atoms with Gasteiger partial charge in [-0.3, -0.25) is 4.79 Å². The molecule has 0 aliphatic heterocycles. The maximum Gasteiger partial charge on any atom is 0.274 e. The molecule has 0 saturated heterocycles. The molecule has 7 heteroatoms. The molecule has 2 heterocycles. The molecule has 2 aromatic heterocycles. The van der Waals surface area contributed by atoms with Crippen molar-refractivity contribution in [3.8, 4) is 11.4 Å². The molecule has 0 bridgehead atoms. The van der Waals surface area contributed by atoms with Crippen LogP contribution < -0.4 is 5.32 Å². The van der Waals surface area contributed by atoms with Crippen LogP contribution in [0.4, 0.5) is 0 Å². The van der Waals surface area contributed by atoms with Crippen LogP contribution in [0.2, 0.25) is 0 Å². The van der Waals surface area contributed by atoms with Crippen molar-refractivity contribution in [1.82, 2.24) is 30.1 Å². The first-order chi connectivity index (χ1) is 14.3. The van der Waals surface area contributed by atoms with E-state index in [4.69, 9.17) is 0 Å². The van der Waals surface area contributed by atoms with Gasteiger partial charge in [0.05, 0.1) is 23.3 Å². The molecular weight excluding hydrogens is 364 g/mol. The molecule has 7 nitrogen and oxygen atoms in total. The molecule has 1 N–H and O–H groups in total. The lowest BCUT2D eigenvalue weighted by Gasteiger charge is -2.07. The molecule has 1 aliphatic carbocycles. The number of para-hydroxylation sites is 2. The Morgan fingerprint density at radius 2 is 1.69 bits per heavy atom. The highest BCUT2D eigenvalue weighted by atomic mass is 16.2. The van der Waals surface area contributed by atoms with Gasteiger partial charge in [0, 0.05) is 24.2 Å². The summed E-state index contributed by atoms with van der Waals surface area (Å²) in [6.45, 7) is 0.383. The number of nitrogens with one attached hydrogen (secondary N) is 1. The first-order valence-electron chi connectivity index (χ1n) is 9.68. The zero-order valence-electron chi connectivity index (χ0n) is 15.8. The van der Waals surface area contributed by atoms with Crippen molar-refractivity contribution < 1.29 is 4.79 Å². The second-order valence-corrected chi connectivity index (χ2v) is 7.16. The Bertz CT molecular complexity index is 1130. The molecule has 1 saturated carbocycles. The van der Waals surface area contributed by atoms with Gasteiger partial charge in [0.1, 0.15) is 0 Å². The van der Waals surface area contributed by atoms with E-state index in [0.717, 1.165) is 35.5 Å². The third-order valence-electron chi connectivity index (χ3n) is 4.99. The molecule has 0 atom stereocenters. The number of benzene rings is 2. The molecule has 1 amide bonds. The van der Waals surface area contributed by atoms with Crippen molar-refractivity contribution in [3.05, 3.63) is 90.0 Å². The van der Waals surface area contributed by atoms with E-state index < -0.39 is 0 Å². The van der Waals surface area contributed by atoms with Crippen molar-refractivity contribution >= 4 is 5.91 Å². The molecular formula is C22H20N6O. The number of carbonyl (C=O) groups excluding carboxylic acids is 1. The number of nitrogens with zero attached hydrogens (tertiary/aromatic N) is 5. The maximum absolute atomic E-state index is 12.8. The average molecular weight is 384 g/mol. The summed E-state index contributed by atoms with van der Waals surface area (Å²) >= 11 is 0. The summed E-state index contributed by atoms with van der Waals surface area (Å²) in [5.74, 6) is 0.133. The predicted octanol–water partition coefficient (Wildman–Crippen LogP) is 3.26. The summed E-state index contributed by atoms with van der Waals surface area (Å²) in [5, 5.41) is 15.8. The van der Waals surface area contributed by atoms with Gasteiger partial charge in [-0.25, -0.2) is 9.36 Å². The third-order valence-corrected chi connectivity index (χ3v) is 4.99. The molecule has 2 aromatic carbocycles. The van der Waals surface area contributed by atoms with Crippen molar-refractivity contribution in [3.63, 3.8) is 0 Å². The number of carbonyl (C=O) groups is 1. The Morgan fingerprint density at radius 3 is 2.38 bits per heavy atom. The van der Waals surface area contributed by atoms with Crippen molar-refractivity contribution in [2.45, 2.75) is 25.3 Å². The topological polar surface area (TPSA) is 77.6 Å². The second-order valence-electron chi connectivity index (χ2n) is 7.16. The van der Waals surface area contributed by atoms with Gasteiger partial charge in [-0.05, 0) is 37.1 Å². The Labute approximate surface area is 168 Å². The molecule has 1 fully saturated rings. The Kier molecular flexibility index (Phi) is 4.40. The number of amides is 1. The highest BCUT2D eigenvalue weighted by Gasteiger charge is 2.34. The molecule has 0 spiro atoms. The summed E-state index contributed by atoms with van der Waals surface area (Å²) in [6, 6.07) is 19.7. The smallest absolute Gasteiger partial charge is 0.274 e. The Morgan fingerprint density at radius 1 is 1.00 bits per heavy atom. The predicted molar refractivity (Wildman–Crippen MR) is 108 cm³/mol. The minimum atomic E-state index is -0.207. The first kappa shape index (κ1) is 17.4. The fourth-order valence-corrected chi connectivity index (χ4v) is 3.37. The van der Waals surface area contributed by atoms with Gasteiger partial charge in [-0.1, -0.05) is 41.6 Å². The first-order valence-corrected chi connectivity index (χ1v) is 9.68. The fourth-order valence-electron chi connectivity index (χ4n) is 3.37. The van der Waals surface area contributed by atoms with Crippen LogP contribution in [-0.4, -0.2) is 30.7 Å². The third kappa shape index (κ3) is 3.54. The van der Waals surface area contributed by atoms with E-state index in [1.54, 1.807) is 15.6 Å². The lowest BCUT2D eigenvalue weighted by atomic mass is 10.2. The van der Waals surface area contributed by atoms with E-state index in [1.807, 2.05) is 66.9 Å². The average Bonchev–Trinajstić information content (AvgIpc) is 3.33. The van der Waals surface area contributed by atoms with Crippen LogP contribution in [0.1, 0.15) is 40.5 Å². The lowest BCUT2D eigenvalue weighted by Crippen LogP contribution is -2.24. The lowest BCUT2D eigenvalue weighted by molar-refractivity contribution is 0.0945. The minimum Gasteiger partial charge on any atom is -0.346 e. The Hall–Kier alpha value is -3.74. The zero-order valence-corrected chi connectivity index (χ0v) is 15.8. The van der Waals surface area contributed by atoms with Gasteiger partial charge in [0.25, 0.3) is 5.91 Å². The van der Waals surface area contributed by atoms with E-state index in [1.165, 1.54) is 0 Å². The van der Waals surface area contributed by atoms with Crippen LogP contribution in [0.5, 0.6) is 0 Å². The molecule has 0 radical (unpaired) electrons. The number of rotatable bonds is 6. The normalized spacial score (nSPS) is 13.4. The summed E-state index contributed by atoms with van der Waals surface area (Å²) in [6.07, 6.45) is 5.79. The highest BCUT2D eigenvalue weighted by molar-refractivity contribution is 5.93. The number of hydrogen-bond donors (Lipinski definition) is 1. The van der Waals surface area contributed by atoms with Crippen LogP contribution in [0.25, 0.3) is 11.4 Å². The summed E-state index contributed by atoms with van der Waals surface area (Å²) in [5.41, 5.74) is 4.13. The molecule has 4 aromatic rings. The minimum absolute atomic E-state index is 0.207. The molecule has 5 rings (SSSR count). The van der Waals surface area contributed by atoms with Gasteiger partial charge in [0.2, 0.25) is 0 Å². The van der Waals surface area contributed by atoms with Crippen LogP contribution in [-0.2, 0) is 6.54 Å². The van der Waals surface area contributed by atoms with Gasteiger partial charge in [-0.15, -0.1) is 5.10 Å². The monoisotopic (exact) mass is 384 g/mol. The Balaban J connectivity index is 1.33. The summed E-state index contributed by atoms with van der Waals surface area (Å²) in [7, 11) is 0. The second kappa shape index (κ2) is 7.35. The van der Waals surface area contributed by atoms with Crippen LogP contribution in [0.3, 0.4) is 0 Å². The van der Waals surface area contributed by atoms with Crippen LogP contribution in [0, 0.1) is 0 Å². The summed E-state index contributed by atoms with van der Waals surface area (Å²) < 4.78 is 3.59. The molecule has 29 heavy (non-hydrogen) atoms. The highest BCUT2D eigenvalue weighted by Crippen LogP contribution is 2.41. The summed E-state index contributed by atoms with van der Waals surface area (Å²) in [4.78, 5) is 12.8. The van der Waals surface area contributed by atoms with E-state index >= 15 is 0 Å². The maximum atomic E-state index is 12.8. The van der Waals surface area contributed by atoms with Gasteiger partial charge in [-0.2, -0.15) is 5.10 Å². The van der Waals surface area contributed by atoms with Gasteiger partial charge >= 0.3 is 0 Å². The quantitative estimate of drug-likeness (QED) is 0.553.